The van der Waals surface area contributed by atoms with Crippen LogP contribution in [0.2, 0.25) is 0 Å². The maximum Gasteiger partial charge on any atom is 0.254 e. The van der Waals surface area contributed by atoms with E-state index in [1.807, 2.05) is 23.2 Å². The van der Waals surface area contributed by atoms with Crippen molar-refractivity contribution in [1.29, 1.82) is 0 Å². The van der Waals surface area contributed by atoms with E-state index in [9.17, 15) is 4.79 Å². The molecule has 2 fully saturated rings. The van der Waals surface area contributed by atoms with Crippen molar-refractivity contribution in [2.45, 2.75) is 37.6 Å². The number of carbonyl (C=O) groups is 1. The van der Waals surface area contributed by atoms with Gasteiger partial charge in [-0.3, -0.25) is 14.8 Å². The molecule has 1 amide bonds. The lowest BCUT2D eigenvalue weighted by molar-refractivity contribution is -0.0466. The molecule has 26 heavy (non-hydrogen) atoms. The van der Waals surface area contributed by atoms with Crippen molar-refractivity contribution in [3.63, 3.8) is 0 Å². The molecular formula is C20H23N3O3. The van der Waals surface area contributed by atoms with Crippen LogP contribution >= 0.6 is 0 Å². The van der Waals surface area contributed by atoms with Crippen LogP contribution in [-0.4, -0.2) is 52.2 Å². The van der Waals surface area contributed by atoms with Crippen LogP contribution in [0, 0.1) is 0 Å². The summed E-state index contributed by atoms with van der Waals surface area (Å²) in [6.07, 6.45) is 9.70. The van der Waals surface area contributed by atoms with Crippen LogP contribution in [0.25, 0.3) is 0 Å². The number of ether oxygens (including phenoxy) is 2. The Morgan fingerprint density at radius 3 is 2.96 bits per heavy atom. The summed E-state index contributed by atoms with van der Waals surface area (Å²) in [4.78, 5) is 22.7. The molecule has 0 N–H and O–H groups in total. The summed E-state index contributed by atoms with van der Waals surface area (Å²) in [5.74, 6) is 0.0507. The van der Waals surface area contributed by atoms with Crippen molar-refractivity contribution in [3.05, 3.63) is 60.2 Å². The van der Waals surface area contributed by atoms with E-state index in [4.69, 9.17) is 9.47 Å². The van der Waals surface area contributed by atoms with Gasteiger partial charge in [-0.05, 0) is 36.6 Å². The highest BCUT2D eigenvalue weighted by Crippen LogP contribution is 2.36. The zero-order valence-corrected chi connectivity index (χ0v) is 14.7. The lowest BCUT2D eigenvalue weighted by atomic mass is 9.89. The highest BCUT2D eigenvalue weighted by molar-refractivity contribution is 5.94. The van der Waals surface area contributed by atoms with Crippen LogP contribution < -0.4 is 0 Å². The van der Waals surface area contributed by atoms with E-state index in [0.29, 0.717) is 25.3 Å². The van der Waals surface area contributed by atoms with Gasteiger partial charge in [0.15, 0.2) is 0 Å². The van der Waals surface area contributed by atoms with Gasteiger partial charge in [0, 0.05) is 43.3 Å². The van der Waals surface area contributed by atoms with E-state index in [0.717, 1.165) is 31.4 Å². The Morgan fingerprint density at radius 1 is 1.27 bits per heavy atom. The number of nitrogens with zero attached hydrogens (tertiary/aromatic N) is 3. The molecule has 2 aromatic heterocycles. The molecule has 2 atom stereocenters. The zero-order valence-electron chi connectivity index (χ0n) is 14.7. The van der Waals surface area contributed by atoms with Gasteiger partial charge in [0.2, 0.25) is 0 Å². The van der Waals surface area contributed by atoms with E-state index in [1.165, 1.54) is 0 Å². The van der Waals surface area contributed by atoms with Gasteiger partial charge in [-0.1, -0.05) is 6.07 Å². The molecular weight excluding hydrogens is 330 g/mol. The third kappa shape index (κ3) is 3.76. The molecule has 0 bridgehead atoms. The average molecular weight is 353 g/mol. The molecule has 4 heterocycles. The number of pyridine rings is 2. The molecule has 136 valence electrons. The zero-order chi connectivity index (χ0) is 17.8. The minimum Gasteiger partial charge on any atom is -0.371 e. The second-order valence-corrected chi connectivity index (χ2v) is 7.06. The van der Waals surface area contributed by atoms with Crippen molar-refractivity contribution in [2.24, 2.45) is 0 Å². The van der Waals surface area contributed by atoms with E-state index in [-0.39, 0.29) is 17.6 Å². The fourth-order valence-corrected chi connectivity index (χ4v) is 3.84. The first kappa shape index (κ1) is 17.1. The molecule has 6 nitrogen and oxygen atoms in total. The third-order valence-corrected chi connectivity index (χ3v) is 5.14. The molecule has 2 aliphatic rings. The maximum absolute atomic E-state index is 12.7. The standard InChI is InChI=1S/C20H23N3O3/c24-19(17-4-8-21-9-5-17)23-10-2-6-20(15-23)11-18(14-26-20)25-13-16-3-1-7-22-12-16/h1,3-5,7-9,12,18H,2,6,10-11,13-15H2. The molecule has 0 saturated carbocycles. The van der Waals surface area contributed by atoms with E-state index in [2.05, 4.69) is 9.97 Å². The summed E-state index contributed by atoms with van der Waals surface area (Å²) in [5.41, 5.74) is 1.46. The third-order valence-electron chi connectivity index (χ3n) is 5.14. The van der Waals surface area contributed by atoms with Crippen LogP contribution in [-0.2, 0) is 16.1 Å². The summed E-state index contributed by atoms with van der Waals surface area (Å²) in [5, 5.41) is 0. The fourth-order valence-electron chi connectivity index (χ4n) is 3.84. The predicted octanol–water partition coefficient (Wildman–Crippen LogP) is 2.46. The molecule has 4 rings (SSSR count). The summed E-state index contributed by atoms with van der Waals surface area (Å²) in [6.45, 7) is 2.52. The Hall–Kier alpha value is -2.31. The van der Waals surface area contributed by atoms with Crippen molar-refractivity contribution < 1.29 is 14.3 Å². The van der Waals surface area contributed by atoms with Crippen molar-refractivity contribution >= 4 is 5.91 Å². The summed E-state index contributed by atoms with van der Waals surface area (Å²) in [6, 6.07) is 7.45. The van der Waals surface area contributed by atoms with Crippen LogP contribution in [0.5, 0.6) is 0 Å². The fraction of sp³-hybridized carbons (Fsp3) is 0.450. The van der Waals surface area contributed by atoms with Crippen molar-refractivity contribution in [1.82, 2.24) is 14.9 Å². The normalized spacial score (nSPS) is 25.5. The number of carbonyl (C=O) groups excluding carboxylic acids is 1. The lowest BCUT2D eigenvalue weighted by Crippen LogP contribution is -2.50. The van der Waals surface area contributed by atoms with Gasteiger partial charge in [-0.2, -0.15) is 0 Å². The van der Waals surface area contributed by atoms with Crippen molar-refractivity contribution in [3.8, 4) is 0 Å². The first-order valence-corrected chi connectivity index (χ1v) is 9.08. The first-order chi connectivity index (χ1) is 12.7. The molecule has 2 saturated heterocycles. The largest absolute Gasteiger partial charge is 0.371 e. The Kier molecular flexibility index (Phi) is 4.95. The molecule has 0 aromatic carbocycles. The van der Waals surface area contributed by atoms with Gasteiger partial charge in [-0.15, -0.1) is 0 Å². The van der Waals surface area contributed by atoms with Gasteiger partial charge in [0.05, 0.1) is 31.5 Å². The van der Waals surface area contributed by atoms with Crippen LogP contribution in [0.15, 0.2) is 49.1 Å². The molecule has 2 unspecified atom stereocenters. The number of amides is 1. The van der Waals surface area contributed by atoms with Gasteiger partial charge in [-0.25, -0.2) is 0 Å². The van der Waals surface area contributed by atoms with E-state index < -0.39 is 0 Å². The van der Waals surface area contributed by atoms with Gasteiger partial charge in [0.25, 0.3) is 5.91 Å². The highest BCUT2D eigenvalue weighted by Gasteiger charge is 2.45. The summed E-state index contributed by atoms with van der Waals surface area (Å²) >= 11 is 0. The van der Waals surface area contributed by atoms with E-state index in [1.54, 1.807) is 30.7 Å². The van der Waals surface area contributed by atoms with Crippen molar-refractivity contribution in [2.75, 3.05) is 19.7 Å². The topological polar surface area (TPSA) is 64.6 Å². The smallest absolute Gasteiger partial charge is 0.254 e. The molecule has 0 aliphatic carbocycles. The Balaban J connectivity index is 1.36. The molecule has 2 aliphatic heterocycles. The summed E-state index contributed by atoms with van der Waals surface area (Å²) in [7, 11) is 0. The van der Waals surface area contributed by atoms with Gasteiger partial charge < -0.3 is 14.4 Å². The van der Waals surface area contributed by atoms with Crippen LogP contribution in [0.4, 0.5) is 0 Å². The SMILES string of the molecule is O=C(c1ccncc1)N1CCCC2(CC(OCc3cccnc3)CO2)C1. The van der Waals surface area contributed by atoms with Gasteiger partial charge >= 0.3 is 0 Å². The van der Waals surface area contributed by atoms with Gasteiger partial charge in [0.1, 0.15) is 0 Å². The highest BCUT2D eigenvalue weighted by atomic mass is 16.6. The maximum atomic E-state index is 12.7. The minimum absolute atomic E-state index is 0.0507. The lowest BCUT2D eigenvalue weighted by Gasteiger charge is -2.39. The molecule has 0 radical (unpaired) electrons. The molecule has 1 spiro atoms. The quantitative estimate of drug-likeness (QED) is 0.845. The number of piperidine rings is 1. The average Bonchev–Trinajstić information content (AvgIpc) is 3.09. The second kappa shape index (κ2) is 7.51. The van der Waals surface area contributed by atoms with Crippen LogP contribution in [0.3, 0.4) is 0 Å². The monoisotopic (exact) mass is 353 g/mol. The van der Waals surface area contributed by atoms with Crippen LogP contribution in [0.1, 0.15) is 35.2 Å². The van der Waals surface area contributed by atoms with E-state index >= 15 is 0 Å². The number of rotatable bonds is 4. The Bertz CT molecular complexity index is 740. The number of likely N-dealkylation sites (tertiary alicyclic amines) is 1. The molecule has 2 aromatic rings. The number of hydrogen-bond acceptors (Lipinski definition) is 5. The Morgan fingerprint density at radius 2 is 2.15 bits per heavy atom. The minimum atomic E-state index is -0.277. The second-order valence-electron chi connectivity index (χ2n) is 7.06. The first-order valence-electron chi connectivity index (χ1n) is 9.08. The molecule has 6 heteroatoms. The summed E-state index contributed by atoms with van der Waals surface area (Å²) < 4.78 is 12.2. The number of hydrogen-bond donors (Lipinski definition) is 0. The predicted molar refractivity (Wildman–Crippen MR) is 95.5 cm³/mol. The number of aromatic nitrogens is 2. The Labute approximate surface area is 153 Å².